The molecule has 4 rings (SSSR count). The van der Waals surface area contributed by atoms with Gasteiger partial charge in [-0.15, -0.1) is 0 Å². The Morgan fingerprint density at radius 1 is 1.00 bits per heavy atom. The van der Waals surface area contributed by atoms with Crippen LogP contribution in [0.15, 0.2) is 60.7 Å². The minimum absolute atomic E-state index is 0.0489. The highest BCUT2D eigenvalue weighted by Gasteiger charge is 2.48. The van der Waals surface area contributed by atoms with Crippen molar-refractivity contribution in [2.45, 2.75) is 44.2 Å². The average molecular weight is 419 g/mol. The summed E-state index contributed by atoms with van der Waals surface area (Å²) in [6.07, 6.45) is 3.86. The molecule has 31 heavy (non-hydrogen) atoms. The van der Waals surface area contributed by atoms with E-state index in [9.17, 15) is 9.59 Å². The van der Waals surface area contributed by atoms with E-state index in [4.69, 9.17) is 5.73 Å². The monoisotopic (exact) mass is 419 g/mol. The molecule has 1 aromatic heterocycles. The molecule has 9 nitrogen and oxygen atoms in total. The van der Waals surface area contributed by atoms with Gasteiger partial charge in [0.25, 0.3) is 5.91 Å². The zero-order valence-electron chi connectivity index (χ0n) is 17.1. The molecule has 1 fully saturated rings. The minimum atomic E-state index is -1.02. The molecule has 2 amide bonds. The van der Waals surface area contributed by atoms with Crippen molar-refractivity contribution < 1.29 is 9.59 Å². The van der Waals surface area contributed by atoms with Gasteiger partial charge in [0.2, 0.25) is 11.9 Å². The Bertz CT molecular complexity index is 1030. The lowest BCUT2D eigenvalue weighted by Crippen LogP contribution is -2.61. The van der Waals surface area contributed by atoms with E-state index >= 15 is 0 Å². The Morgan fingerprint density at radius 2 is 1.65 bits per heavy atom. The highest BCUT2D eigenvalue weighted by molar-refractivity contribution is 6.08. The second-order valence-corrected chi connectivity index (χ2v) is 7.67. The Hall–Kier alpha value is -3.75. The van der Waals surface area contributed by atoms with E-state index in [2.05, 4.69) is 20.8 Å². The quantitative estimate of drug-likeness (QED) is 0.634. The fourth-order valence-electron chi connectivity index (χ4n) is 4.19. The van der Waals surface area contributed by atoms with Crippen LogP contribution in [-0.4, -0.2) is 37.6 Å². The molecule has 0 saturated heterocycles. The van der Waals surface area contributed by atoms with Crippen molar-refractivity contribution in [3.05, 3.63) is 60.7 Å². The number of para-hydroxylation sites is 2. The molecular formula is C22H25N7O2. The van der Waals surface area contributed by atoms with Crippen molar-refractivity contribution in [1.29, 1.82) is 0 Å². The highest BCUT2D eigenvalue weighted by atomic mass is 16.2. The molecule has 1 heterocycles. The van der Waals surface area contributed by atoms with Crippen LogP contribution in [0.25, 0.3) is 0 Å². The van der Waals surface area contributed by atoms with E-state index in [1.165, 1.54) is 4.68 Å². The Morgan fingerprint density at radius 3 is 2.26 bits per heavy atom. The maximum absolute atomic E-state index is 13.7. The van der Waals surface area contributed by atoms with Gasteiger partial charge >= 0.3 is 0 Å². The lowest BCUT2D eigenvalue weighted by atomic mass is 9.78. The Balaban J connectivity index is 1.74. The maximum Gasteiger partial charge on any atom is 0.250 e. The molecule has 0 bridgehead atoms. The predicted molar refractivity (Wildman–Crippen MR) is 117 cm³/mol. The summed E-state index contributed by atoms with van der Waals surface area (Å²) in [7, 11) is 0. The van der Waals surface area contributed by atoms with Crippen molar-refractivity contribution in [2.24, 2.45) is 0 Å². The summed E-state index contributed by atoms with van der Waals surface area (Å²) in [6, 6.07) is 18.6. The van der Waals surface area contributed by atoms with E-state index in [0.717, 1.165) is 19.3 Å². The normalized spacial score (nSPS) is 15.2. The third kappa shape index (κ3) is 4.25. The van der Waals surface area contributed by atoms with Gasteiger partial charge in [-0.1, -0.05) is 60.8 Å². The third-order valence-electron chi connectivity index (χ3n) is 5.67. The molecule has 0 aliphatic heterocycles. The molecular weight excluding hydrogens is 394 g/mol. The van der Waals surface area contributed by atoms with Crippen LogP contribution in [0, 0.1) is 0 Å². The van der Waals surface area contributed by atoms with E-state index in [0.29, 0.717) is 24.2 Å². The van der Waals surface area contributed by atoms with Gasteiger partial charge in [-0.25, -0.2) is 4.68 Å². The number of hydrogen-bond acceptors (Lipinski definition) is 6. The smallest absolute Gasteiger partial charge is 0.250 e. The standard InChI is InChI=1S/C22H25N7O2/c23-21-25-26-27-28(21)16-19(30)29(18-12-6-2-7-13-18)22(14-8-3-9-15-22)20(31)24-17-10-4-1-5-11-17/h1-2,4-7,10-13H,3,8-9,14-16H2,(H,24,31)(H2,23,25,27). The van der Waals surface area contributed by atoms with E-state index in [-0.39, 0.29) is 24.3 Å². The van der Waals surface area contributed by atoms with Crippen LogP contribution >= 0.6 is 0 Å². The first-order valence-electron chi connectivity index (χ1n) is 10.4. The molecule has 1 aliphatic carbocycles. The van der Waals surface area contributed by atoms with Gasteiger partial charge in [-0.2, -0.15) is 0 Å². The summed E-state index contributed by atoms with van der Waals surface area (Å²) in [5.41, 5.74) is 6.11. The zero-order valence-corrected chi connectivity index (χ0v) is 17.1. The third-order valence-corrected chi connectivity index (χ3v) is 5.67. The van der Waals surface area contributed by atoms with Crippen molar-refractivity contribution in [3.63, 3.8) is 0 Å². The number of nitrogen functional groups attached to an aromatic ring is 1. The number of carbonyl (C=O) groups is 2. The number of nitrogens with two attached hydrogens (primary N) is 1. The average Bonchev–Trinajstić information content (AvgIpc) is 3.20. The number of tetrazole rings is 1. The van der Waals surface area contributed by atoms with Crippen LogP contribution in [0.1, 0.15) is 32.1 Å². The lowest BCUT2D eigenvalue weighted by molar-refractivity contribution is -0.128. The van der Waals surface area contributed by atoms with Crippen LogP contribution in [0.2, 0.25) is 0 Å². The molecule has 160 valence electrons. The van der Waals surface area contributed by atoms with Gasteiger partial charge < -0.3 is 11.1 Å². The molecule has 0 atom stereocenters. The van der Waals surface area contributed by atoms with E-state index < -0.39 is 5.54 Å². The number of carbonyl (C=O) groups excluding carboxylic acids is 2. The van der Waals surface area contributed by atoms with Crippen LogP contribution in [-0.2, 0) is 16.1 Å². The van der Waals surface area contributed by atoms with Crippen molar-refractivity contribution in [1.82, 2.24) is 20.2 Å². The SMILES string of the molecule is Nc1nnnn1CC(=O)N(c1ccccc1)C1(C(=O)Nc2ccccc2)CCCCC1. The van der Waals surface area contributed by atoms with Crippen LogP contribution in [0.3, 0.4) is 0 Å². The number of benzene rings is 2. The van der Waals surface area contributed by atoms with Gasteiger partial charge in [0.15, 0.2) is 0 Å². The summed E-state index contributed by atoms with van der Waals surface area (Å²) in [6.45, 7) is -0.159. The summed E-state index contributed by atoms with van der Waals surface area (Å²) in [5.74, 6) is -0.441. The number of anilines is 3. The first kappa shape index (κ1) is 20.5. The van der Waals surface area contributed by atoms with Crippen molar-refractivity contribution in [3.8, 4) is 0 Å². The molecule has 9 heteroatoms. The molecule has 3 N–H and O–H groups in total. The van der Waals surface area contributed by atoms with Gasteiger partial charge in [0, 0.05) is 11.4 Å². The van der Waals surface area contributed by atoms with E-state index in [1.54, 1.807) is 4.90 Å². The Kier molecular flexibility index (Phi) is 5.92. The topological polar surface area (TPSA) is 119 Å². The van der Waals surface area contributed by atoms with Gasteiger partial charge in [0.1, 0.15) is 12.1 Å². The number of rotatable bonds is 6. The Labute approximate surface area is 180 Å². The van der Waals surface area contributed by atoms with E-state index in [1.807, 2.05) is 60.7 Å². The minimum Gasteiger partial charge on any atom is -0.367 e. The molecule has 0 radical (unpaired) electrons. The van der Waals surface area contributed by atoms with Crippen LogP contribution in [0.4, 0.5) is 17.3 Å². The second kappa shape index (κ2) is 8.95. The lowest BCUT2D eigenvalue weighted by Gasteiger charge is -2.45. The van der Waals surface area contributed by atoms with Gasteiger partial charge in [-0.05, 0) is 47.5 Å². The summed E-state index contributed by atoms with van der Waals surface area (Å²) in [4.78, 5) is 28.9. The molecule has 1 aliphatic rings. The largest absolute Gasteiger partial charge is 0.367 e. The summed E-state index contributed by atoms with van der Waals surface area (Å²) in [5, 5.41) is 14.0. The molecule has 2 aromatic carbocycles. The summed E-state index contributed by atoms with van der Waals surface area (Å²) >= 11 is 0. The second-order valence-electron chi connectivity index (χ2n) is 7.67. The first-order valence-corrected chi connectivity index (χ1v) is 10.4. The zero-order chi connectivity index (χ0) is 21.7. The number of aromatic nitrogens is 4. The molecule has 0 spiro atoms. The molecule has 1 saturated carbocycles. The molecule has 3 aromatic rings. The fraction of sp³-hybridized carbons (Fsp3) is 0.318. The van der Waals surface area contributed by atoms with Crippen LogP contribution in [0.5, 0.6) is 0 Å². The first-order chi connectivity index (χ1) is 15.1. The van der Waals surface area contributed by atoms with Gasteiger partial charge in [-0.3, -0.25) is 14.5 Å². The maximum atomic E-state index is 13.7. The van der Waals surface area contributed by atoms with Crippen molar-refractivity contribution in [2.75, 3.05) is 16.0 Å². The number of nitrogens with one attached hydrogen (secondary N) is 1. The van der Waals surface area contributed by atoms with Crippen molar-refractivity contribution >= 4 is 29.1 Å². The van der Waals surface area contributed by atoms with Gasteiger partial charge in [0.05, 0.1) is 0 Å². The summed E-state index contributed by atoms with van der Waals surface area (Å²) < 4.78 is 1.24. The highest BCUT2D eigenvalue weighted by Crippen LogP contribution is 2.38. The number of hydrogen-bond donors (Lipinski definition) is 2. The number of amides is 2. The van der Waals surface area contributed by atoms with Crippen LogP contribution < -0.4 is 16.0 Å². The molecule has 0 unspecified atom stereocenters. The predicted octanol–water partition coefficient (Wildman–Crippen LogP) is 2.63. The number of nitrogens with zero attached hydrogens (tertiary/aromatic N) is 5. The fourth-order valence-corrected chi connectivity index (χ4v) is 4.19.